The maximum atomic E-state index is 13.3. The molecule has 188 valence electrons. The molecule has 1 aliphatic carbocycles. The van der Waals surface area contributed by atoms with Crippen LogP contribution in [0.5, 0.6) is 5.75 Å². The van der Waals surface area contributed by atoms with Crippen LogP contribution >= 0.6 is 12.6 Å². The molecule has 0 radical (unpaired) electrons. The predicted octanol–water partition coefficient (Wildman–Crippen LogP) is 3.86. The topological polar surface area (TPSA) is 105 Å². The molecular weight excluding hydrogens is 464 g/mol. The van der Waals surface area contributed by atoms with E-state index in [4.69, 9.17) is 4.74 Å². The van der Waals surface area contributed by atoms with Crippen molar-refractivity contribution in [2.45, 2.75) is 62.8 Å². The van der Waals surface area contributed by atoms with Gasteiger partial charge in [0.1, 0.15) is 17.3 Å². The number of rotatable bonds is 10. The molecule has 0 bridgehead atoms. The average Bonchev–Trinajstić information content (AvgIpc) is 3.33. The highest BCUT2D eigenvalue weighted by molar-refractivity contribution is 7.81. The van der Waals surface area contributed by atoms with Crippen molar-refractivity contribution in [2.75, 3.05) is 7.11 Å². The molecule has 1 fully saturated rings. The molecule has 2 aromatic rings. The molecule has 1 aliphatic rings. The summed E-state index contributed by atoms with van der Waals surface area (Å²) in [6.07, 6.45) is 2.66. The molecule has 7 nitrogen and oxygen atoms in total. The molecule has 2 unspecified atom stereocenters. The zero-order chi connectivity index (χ0) is 25.6. The van der Waals surface area contributed by atoms with E-state index < -0.39 is 28.7 Å². The summed E-state index contributed by atoms with van der Waals surface area (Å²) in [5.41, 5.74) is 1.64. The molecule has 2 amide bonds. The third-order valence-corrected chi connectivity index (χ3v) is 7.39. The monoisotopic (exact) mass is 498 g/mol. The van der Waals surface area contributed by atoms with Gasteiger partial charge in [-0.05, 0) is 47.6 Å². The van der Waals surface area contributed by atoms with E-state index in [1.165, 1.54) is 0 Å². The number of methoxy groups -OCH3 is 1. The maximum absolute atomic E-state index is 13.3. The fourth-order valence-corrected chi connectivity index (χ4v) is 4.43. The van der Waals surface area contributed by atoms with Gasteiger partial charge in [0.05, 0.1) is 12.4 Å². The average molecular weight is 499 g/mol. The molecule has 0 aliphatic heterocycles. The first-order valence-electron chi connectivity index (χ1n) is 11.9. The molecule has 1 saturated carbocycles. The van der Waals surface area contributed by atoms with Crippen LogP contribution in [-0.4, -0.2) is 46.8 Å². The van der Waals surface area contributed by atoms with Crippen molar-refractivity contribution in [1.29, 1.82) is 0 Å². The lowest BCUT2D eigenvalue weighted by Gasteiger charge is -2.32. The van der Waals surface area contributed by atoms with Crippen LogP contribution in [0.2, 0.25) is 0 Å². The minimum absolute atomic E-state index is 0.00607. The molecule has 0 heterocycles. The number of amides is 2. The molecular formula is C27H34N2O5S. The van der Waals surface area contributed by atoms with Crippen molar-refractivity contribution in [3.63, 3.8) is 0 Å². The summed E-state index contributed by atoms with van der Waals surface area (Å²) in [5, 5.41) is 14.8. The number of benzene rings is 2. The molecule has 2 aromatic carbocycles. The smallest absolute Gasteiger partial charge is 0.326 e. The first-order chi connectivity index (χ1) is 16.6. The van der Waals surface area contributed by atoms with E-state index in [-0.39, 0.29) is 18.2 Å². The van der Waals surface area contributed by atoms with Crippen molar-refractivity contribution in [3.05, 3.63) is 54.1 Å². The Hall–Kier alpha value is -3.00. The largest absolute Gasteiger partial charge is 0.497 e. The van der Waals surface area contributed by atoms with Crippen LogP contribution in [0, 0.1) is 5.92 Å². The van der Waals surface area contributed by atoms with E-state index in [0.717, 1.165) is 35.3 Å². The first-order valence-corrected chi connectivity index (χ1v) is 12.4. The van der Waals surface area contributed by atoms with Gasteiger partial charge in [-0.15, -0.1) is 0 Å². The van der Waals surface area contributed by atoms with E-state index in [9.17, 15) is 19.5 Å². The number of hydrogen-bond donors (Lipinski definition) is 4. The third kappa shape index (κ3) is 6.57. The summed E-state index contributed by atoms with van der Waals surface area (Å²) >= 11 is 4.37. The van der Waals surface area contributed by atoms with Crippen LogP contribution in [0.3, 0.4) is 0 Å². The second-order valence-electron chi connectivity index (χ2n) is 9.46. The van der Waals surface area contributed by atoms with Crippen molar-refractivity contribution in [2.24, 2.45) is 5.92 Å². The van der Waals surface area contributed by atoms with E-state index in [0.29, 0.717) is 12.8 Å². The zero-order valence-electron chi connectivity index (χ0n) is 20.4. The zero-order valence-corrected chi connectivity index (χ0v) is 21.3. The van der Waals surface area contributed by atoms with Gasteiger partial charge >= 0.3 is 5.97 Å². The SMILES string of the molecule is COc1cccc(-c2ccc(CC(NC(=O)C3(NC(=O)C(S)C(C)C)CCCC3)C(=O)O)cc2)c1. The highest BCUT2D eigenvalue weighted by atomic mass is 32.1. The lowest BCUT2D eigenvalue weighted by Crippen LogP contribution is -2.61. The number of aliphatic carboxylic acids is 1. The Morgan fingerprint density at radius 2 is 1.71 bits per heavy atom. The molecule has 8 heteroatoms. The Bertz CT molecular complexity index is 1050. The van der Waals surface area contributed by atoms with Gasteiger partial charge in [-0.2, -0.15) is 12.6 Å². The number of ether oxygens (including phenoxy) is 1. The van der Waals surface area contributed by atoms with Crippen LogP contribution in [0.15, 0.2) is 48.5 Å². The quantitative estimate of drug-likeness (QED) is 0.373. The van der Waals surface area contributed by atoms with Gasteiger partial charge in [-0.3, -0.25) is 9.59 Å². The fourth-order valence-electron chi connectivity index (χ4n) is 4.37. The Morgan fingerprint density at radius 1 is 1.06 bits per heavy atom. The molecule has 2 atom stereocenters. The van der Waals surface area contributed by atoms with Gasteiger partial charge in [0, 0.05) is 6.42 Å². The standard InChI is InChI=1S/C27H34N2O5S/c1-17(2)23(35)24(30)29-27(13-4-5-14-27)26(33)28-22(25(31)32)15-18-9-11-19(12-10-18)20-7-6-8-21(16-20)34-3/h6-12,16-17,22-23,35H,4-5,13-15H2,1-3H3,(H,28,33)(H,29,30)(H,31,32). The summed E-state index contributed by atoms with van der Waals surface area (Å²) in [5.74, 6) is -1.12. The van der Waals surface area contributed by atoms with Gasteiger partial charge in [0.15, 0.2) is 0 Å². The van der Waals surface area contributed by atoms with Gasteiger partial charge in [0.2, 0.25) is 11.8 Å². The number of carbonyl (C=O) groups is 3. The Balaban J connectivity index is 1.71. The second-order valence-corrected chi connectivity index (χ2v) is 10.0. The van der Waals surface area contributed by atoms with Crippen LogP contribution in [-0.2, 0) is 20.8 Å². The first kappa shape index (κ1) is 26.6. The number of hydrogen-bond acceptors (Lipinski definition) is 5. The molecule has 3 N–H and O–H groups in total. The van der Waals surface area contributed by atoms with E-state index >= 15 is 0 Å². The number of carbonyl (C=O) groups excluding carboxylic acids is 2. The lowest BCUT2D eigenvalue weighted by molar-refractivity contribution is -0.143. The van der Waals surface area contributed by atoms with Crippen molar-refractivity contribution in [3.8, 4) is 16.9 Å². The molecule has 0 saturated heterocycles. The van der Waals surface area contributed by atoms with Gasteiger partial charge < -0.3 is 20.5 Å². The highest BCUT2D eigenvalue weighted by Gasteiger charge is 2.44. The Morgan fingerprint density at radius 3 is 2.29 bits per heavy atom. The number of carboxylic acids is 1. The van der Waals surface area contributed by atoms with Crippen LogP contribution < -0.4 is 15.4 Å². The summed E-state index contributed by atoms with van der Waals surface area (Å²) in [7, 11) is 1.62. The predicted molar refractivity (Wildman–Crippen MR) is 139 cm³/mol. The lowest BCUT2D eigenvalue weighted by atomic mass is 9.94. The minimum atomic E-state index is -1.12. The van der Waals surface area contributed by atoms with Gasteiger partial charge in [-0.25, -0.2) is 4.79 Å². The Labute approximate surface area is 212 Å². The van der Waals surface area contributed by atoms with Crippen molar-refractivity contribution < 1.29 is 24.2 Å². The molecule has 3 rings (SSSR count). The Kier molecular flexibility index (Phi) is 8.83. The van der Waals surface area contributed by atoms with Crippen LogP contribution in [0.4, 0.5) is 0 Å². The van der Waals surface area contributed by atoms with Gasteiger partial charge in [-0.1, -0.05) is 63.1 Å². The van der Waals surface area contributed by atoms with Gasteiger partial charge in [0.25, 0.3) is 0 Å². The van der Waals surface area contributed by atoms with Crippen LogP contribution in [0.1, 0.15) is 45.1 Å². The summed E-state index contributed by atoms with van der Waals surface area (Å²) < 4.78 is 5.28. The highest BCUT2D eigenvalue weighted by Crippen LogP contribution is 2.31. The normalized spacial score (nSPS) is 16.4. The van der Waals surface area contributed by atoms with Crippen molar-refractivity contribution >= 4 is 30.4 Å². The van der Waals surface area contributed by atoms with E-state index in [1.807, 2.05) is 62.4 Å². The maximum Gasteiger partial charge on any atom is 0.326 e. The second kappa shape index (κ2) is 11.6. The van der Waals surface area contributed by atoms with Crippen molar-refractivity contribution in [1.82, 2.24) is 10.6 Å². The minimum Gasteiger partial charge on any atom is -0.497 e. The van der Waals surface area contributed by atoms with E-state index in [1.54, 1.807) is 7.11 Å². The fraction of sp³-hybridized carbons (Fsp3) is 0.444. The summed E-state index contributed by atoms with van der Waals surface area (Å²) in [6.45, 7) is 3.78. The molecule has 0 aromatic heterocycles. The number of nitrogens with one attached hydrogen (secondary N) is 2. The van der Waals surface area contributed by atoms with Crippen LogP contribution in [0.25, 0.3) is 11.1 Å². The molecule has 0 spiro atoms. The summed E-state index contributed by atoms with van der Waals surface area (Å²) in [4.78, 5) is 37.9. The third-order valence-electron chi connectivity index (χ3n) is 6.55. The number of thiol groups is 1. The molecule has 35 heavy (non-hydrogen) atoms. The summed E-state index contributed by atoms with van der Waals surface area (Å²) in [6, 6.07) is 14.1. The number of carboxylic acid groups (broad SMARTS) is 1. The van der Waals surface area contributed by atoms with E-state index in [2.05, 4.69) is 23.3 Å².